The molecule has 1 unspecified atom stereocenters. The molecular formula is C18H26N2O3S. The van der Waals surface area contributed by atoms with Crippen LogP contribution in [0.15, 0.2) is 36.0 Å². The number of thioether (sulfide) groups is 1. The van der Waals surface area contributed by atoms with Gasteiger partial charge in [0, 0.05) is 11.8 Å². The molecule has 1 saturated heterocycles. The Morgan fingerprint density at radius 2 is 2.21 bits per heavy atom. The highest BCUT2D eigenvalue weighted by Gasteiger charge is 2.31. The summed E-state index contributed by atoms with van der Waals surface area (Å²) in [7, 11) is 0. The van der Waals surface area contributed by atoms with E-state index in [1.807, 2.05) is 39.0 Å². The molecule has 1 amide bonds. The fraction of sp³-hybridized carbons (Fsp3) is 0.444. The van der Waals surface area contributed by atoms with Gasteiger partial charge in [0.1, 0.15) is 0 Å². The fourth-order valence-electron chi connectivity index (χ4n) is 2.12. The molecule has 1 fully saturated rings. The third-order valence-electron chi connectivity index (χ3n) is 3.07. The third kappa shape index (κ3) is 5.47. The van der Waals surface area contributed by atoms with Gasteiger partial charge in [-0.3, -0.25) is 9.69 Å². The lowest BCUT2D eigenvalue weighted by molar-refractivity contribution is -0.115. The minimum atomic E-state index is -0.518. The SMILES string of the molecule is C=CN=C1SCC(=O)N1c1cc(C)ccc1COCC(C)O.CC. The number of aliphatic hydroxyl groups is 1. The zero-order valence-corrected chi connectivity index (χ0v) is 15.6. The first-order chi connectivity index (χ1) is 11.5. The maximum absolute atomic E-state index is 12.2. The monoisotopic (exact) mass is 350 g/mol. The van der Waals surface area contributed by atoms with E-state index in [1.165, 1.54) is 18.0 Å². The van der Waals surface area contributed by atoms with Crippen LogP contribution < -0.4 is 4.90 Å². The quantitative estimate of drug-likeness (QED) is 0.853. The highest BCUT2D eigenvalue weighted by molar-refractivity contribution is 8.15. The van der Waals surface area contributed by atoms with Gasteiger partial charge >= 0.3 is 0 Å². The van der Waals surface area contributed by atoms with Crippen LogP contribution in [-0.2, 0) is 16.1 Å². The van der Waals surface area contributed by atoms with Gasteiger partial charge in [-0.1, -0.05) is 44.3 Å². The second-order valence-electron chi connectivity index (χ2n) is 5.11. The van der Waals surface area contributed by atoms with E-state index in [9.17, 15) is 9.90 Å². The van der Waals surface area contributed by atoms with Gasteiger partial charge in [0.2, 0.25) is 5.91 Å². The Balaban J connectivity index is 0.00000139. The summed E-state index contributed by atoms with van der Waals surface area (Å²) in [6, 6.07) is 5.86. The molecule has 1 aliphatic rings. The van der Waals surface area contributed by atoms with Crippen LogP contribution in [0.3, 0.4) is 0 Å². The highest BCUT2D eigenvalue weighted by atomic mass is 32.2. The number of hydrogen-bond donors (Lipinski definition) is 1. The van der Waals surface area contributed by atoms with E-state index in [-0.39, 0.29) is 12.5 Å². The van der Waals surface area contributed by atoms with Crippen molar-refractivity contribution in [2.75, 3.05) is 17.3 Å². The number of benzene rings is 1. The van der Waals surface area contributed by atoms with Crippen LogP contribution in [0.5, 0.6) is 0 Å². The molecule has 0 spiro atoms. The predicted molar refractivity (Wildman–Crippen MR) is 101 cm³/mol. The lowest BCUT2D eigenvalue weighted by Gasteiger charge is -2.20. The lowest BCUT2D eigenvalue weighted by Crippen LogP contribution is -2.30. The number of aliphatic hydroxyl groups excluding tert-OH is 1. The Bertz CT molecular complexity index is 600. The summed E-state index contributed by atoms with van der Waals surface area (Å²) in [5.41, 5.74) is 2.72. The molecule has 0 saturated carbocycles. The molecule has 24 heavy (non-hydrogen) atoms. The Labute approximate surface area is 148 Å². The molecule has 2 rings (SSSR count). The number of aliphatic imine (C=N–C) groups is 1. The fourth-order valence-corrected chi connectivity index (χ4v) is 2.98. The number of anilines is 1. The summed E-state index contributed by atoms with van der Waals surface area (Å²) in [4.78, 5) is 18.0. The number of carbonyl (C=O) groups excluding carboxylic acids is 1. The molecule has 0 aliphatic carbocycles. The largest absolute Gasteiger partial charge is 0.391 e. The average molecular weight is 350 g/mol. The van der Waals surface area contributed by atoms with Crippen molar-refractivity contribution in [3.05, 3.63) is 42.1 Å². The van der Waals surface area contributed by atoms with Crippen LogP contribution in [-0.4, -0.2) is 34.6 Å². The van der Waals surface area contributed by atoms with Gasteiger partial charge in [0.15, 0.2) is 5.17 Å². The Kier molecular flexibility index (Phi) is 8.74. The van der Waals surface area contributed by atoms with Gasteiger partial charge in [-0.2, -0.15) is 0 Å². The topological polar surface area (TPSA) is 62.1 Å². The summed E-state index contributed by atoms with van der Waals surface area (Å²) in [5.74, 6) is 0.363. The van der Waals surface area contributed by atoms with Crippen LogP contribution in [0.4, 0.5) is 5.69 Å². The first-order valence-electron chi connectivity index (χ1n) is 8.02. The van der Waals surface area contributed by atoms with E-state index in [1.54, 1.807) is 11.8 Å². The summed E-state index contributed by atoms with van der Waals surface area (Å²) in [5, 5.41) is 9.91. The highest BCUT2D eigenvalue weighted by Crippen LogP contribution is 2.31. The summed E-state index contributed by atoms with van der Waals surface area (Å²) in [6.45, 7) is 11.8. The van der Waals surface area contributed by atoms with Crippen LogP contribution >= 0.6 is 11.8 Å². The Hall–Kier alpha value is -1.63. The van der Waals surface area contributed by atoms with Gasteiger partial charge in [-0.05, 0) is 25.5 Å². The lowest BCUT2D eigenvalue weighted by atomic mass is 10.1. The smallest absolute Gasteiger partial charge is 0.243 e. The molecule has 0 aromatic heterocycles. The van der Waals surface area contributed by atoms with Crippen LogP contribution in [0, 0.1) is 6.92 Å². The second-order valence-corrected chi connectivity index (χ2v) is 6.05. The molecular weight excluding hydrogens is 324 g/mol. The minimum Gasteiger partial charge on any atom is -0.391 e. The van der Waals surface area contributed by atoms with Crippen molar-refractivity contribution in [3.8, 4) is 0 Å². The van der Waals surface area contributed by atoms with Crippen LogP contribution in [0.25, 0.3) is 0 Å². The number of ether oxygens (including phenoxy) is 1. The molecule has 1 atom stereocenters. The van der Waals surface area contributed by atoms with E-state index >= 15 is 0 Å². The molecule has 1 aromatic carbocycles. The Morgan fingerprint density at radius 1 is 1.50 bits per heavy atom. The molecule has 132 valence electrons. The molecule has 1 N–H and O–H groups in total. The van der Waals surface area contributed by atoms with Crippen molar-refractivity contribution in [3.63, 3.8) is 0 Å². The zero-order valence-electron chi connectivity index (χ0n) is 14.8. The van der Waals surface area contributed by atoms with Crippen molar-refractivity contribution in [2.24, 2.45) is 4.99 Å². The predicted octanol–water partition coefficient (Wildman–Crippen LogP) is 3.50. The molecule has 0 bridgehead atoms. The number of rotatable bonds is 6. The standard InChI is InChI=1S/C16H20N2O3S.C2H6/c1-4-17-16-18(15(20)10-22-16)14-7-11(2)5-6-13(14)9-21-8-12(3)19;1-2/h4-7,12,19H,1,8-10H2,2-3H3;1-2H3. The van der Waals surface area contributed by atoms with E-state index < -0.39 is 6.10 Å². The van der Waals surface area contributed by atoms with Crippen molar-refractivity contribution in [2.45, 2.75) is 40.4 Å². The van der Waals surface area contributed by atoms with Gasteiger partial charge < -0.3 is 9.84 Å². The normalized spacial score (nSPS) is 16.8. The molecule has 1 aromatic rings. The van der Waals surface area contributed by atoms with Crippen molar-refractivity contribution in [1.29, 1.82) is 0 Å². The van der Waals surface area contributed by atoms with E-state index in [0.717, 1.165) is 16.8 Å². The molecule has 5 nitrogen and oxygen atoms in total. The van der Waals surface area contributed by atoms with E-state index in [0.29, 0.717) is 17.5 Å². The van der Waals surface area contributed by atoms with Gasteiger partial charge in [0.05, 0.1) is 30.8 Å². The van der Waals surface area contributed by atoms with Gasteiger partial charge in [0.25, 0.3) is 0 Å². The zero-order chi connectivity index (χ0) is 18.1. The number of amidine groups is 1. The van der Waals surface area contributed by atoms with E-state index in [4.69, 9.17) is 4.74 Å². The number of aryl methyl sites for hydroxylation is 1. The van der Waals surface area contributed by atoms with Crippen molar-refractivity contribution >= 4 is 28.5 Å². The molecule has 0 radical (unpaired) electrons. The average Bonchev–Trinajstić information content (AvgIpc) is 2.91. The minimum absolute atomic E-state index is 0.00650. The third-order valence-corrected chi connectivity index (χ3v) is 4.00. The molecule has 6 heteroatoms. The summed E-state index contributed by atoms with van der Waals surface area (Å²) in [6.07, 6.45) is 0.920. The second kappa shape index (κ2) is 10.3. The molecule has 1 heterocycles. The first-order valence-corrected chi connectivity index (χ1v) is 9.01. The van der Waals surface area contributed by atoms with Crippen LogP contribution in [0.1, 0.15) is 31.9 Å². The number of hydrogen-bond acceptors (Lipinski definition) is 5. The number of amides is 1. The molecule has 1 aliphatic heterocycles. The van der Waals surface area contributed by atoms with E-state index in [2.05, 4.69) is 11.6 Å². The van der Waals surface area contributed by atoms with Crippen molar-refractivity contribution in [1.82, 2.24) is 0 Å². The Morgan fingerprint density at radius 3 is 2.83 bits per heavy atom. The van der Waals surface area contributed by atoms with Crippen LogP contribution in [0.2, 0.25) is 0 Å². The maximum atomic E-state index is 12.2. The maximum Gasteiger partial charge on any atom is 0.243 e. The summed E-state index contributed by atoms with van der Waals surface area (Å²) < 4.78 is 5.50. The van der Waals surface area contributed by atoms with Gasteiger partial charge in [-0.25, -0.2) is 4.99 Å². The van der Waals surface area contributed by atoms with Crippen molar-refractivity contribution < 1.29 is 14.6 Å². The van der Waals surface area contributed by atoms with Gasteiger partial charge in [-0.15, -0.1) is 0 Å². The number of carbonyl (C=O) groups is 1. The summed E-state index contributed by atoms with van der Waals surface area (Å²) >= 11 is 1.40. The number of nitrogens with zero attached hydrogens (tertiary/aromatic N) is 2. The first kappa shape index (κ1) is 20.4.